The highest BCUT2D eigenvalue weighted by Gasteiger charge is 2.24. The fourth-order valence-electron chi connectivity index (χ4n) is 3.56. The molecule has 1 N–H and O–H groups in total. The molecule has 0 aliphatic carbocycles. The monoisotopic (exact) mass is 364 g/mol. The first-order valence-electron chi connectivity index (χ1n) is 9.32. The van der Waals surface area contributed by atoms with Gasteiger partial charge in [0.2, 0.25) is 5.89 Å². The van der Waals surface area contributed by atoms with Crippen molar-refractivity contribution in [3.8, 4) is 0 Å². The van der Waals surface area contributed by atoms with Crippen molar-refractivity contribution in [3.63, 3.8) is 0 Å². The smallest absolute Gasteiger partial charge is 0.208 e. The lowest BCUT2D eigenvalue weighted by Gasteiger charge is -2.31. The average Bonchev–Trinajstić information content (AvgIpc) is 3.14. The molecule has 1 saturated heterocycles. The number of likely N-dealkylation sites (tertiary alicyclic amines) is 1. The maximum absolute atomic E-state index is 5.40. The predicted molar refractivity (Wildman–Crippen MR) is 103 cm³/mol. The molecule has 27 heavy (non-hydrogen) atoms. The second-order valence-corrected chi connectivity index (χ2v) is 7.07. The van der Waals surface area contributed by atoms with Crippen LogP contribution in [-0.2, 0) is 6.54 Å². The minimum Gasteiger partial charge on any atom is -0.448 e. The number of aromatic nitrogens is 4. The molecule has 1 fully saturated rings. The Morgan fingerprint density at radius 3 is 2.89 bits per heavy atom. The zero-order valence-corrected chi connectivity index (χ0v) is 15.7. The molecular formula is C20H24N6O. The summed E-state index contributed by atoms with van der Waals surface area (Å²) in [7, 11) is 0. The van der Waals surface area contributed by atoms with Crippen molar-refractivity contribution in [1.82, 2.24) is 24.8 Å². The van der Waals surface area contributed by atoms with E-state index in [4.69, 9.17) is 9.40 Å². The lowest BCUT2D eigenvalue weighted by Crippen LogP contribution is -2.34. The largest absolute Gasteiger partial charge is 0.448 e. The van der Waals surface area contributed by atoms with Gasteiger partial charge in [-0.1, -0.05) is 0 Å². The number of piperidine rings is 1. The van der Waals surface area contributed by atoms with Gasteiger partial charge in [-0.2, -0.15) is 0 Å². The van der Waals surface area contributed by atoms with Gasteiger partial charge in [0, 0.05) is 24.7 Å². The zero-order valence-electron chi connectivity index (χ0n) is 15.7. The molecule has 4 heterocycles. The first-order chi connectivity index (χ1) is 13.2. The molecule has 0 amide bonds. The summed E-state index contributed by atoms with van der Waals surface area (Å²) in [5.74, 6) is 3.50. The highest BCUT2D eigenvalue weighted by atomic mass is 16.3. The van der Waals surface area contributed by atoms with Crippen LogP contribution in [0, 0.1) is 13.8 Å². The van der Waals surface area contributed by atoms with Gasteiger partial charge < -0.3 is 9.73 Å². The lowest BCUT2D eigenvalue weighted by atomic mass is 9.94. The fourth-order valence-corrected chi connectivity index (χ4v) is 3.56. The summed E-state index contributed by atoms with van der Waals surface area (Å²) in [5.41, 5.74) is 2.24. The average molecular weight is 364 g/mol. The van der Waals surface area contributed by atoms with Gasteiger partial charge in [0.1, 0.15) is 23.7 Å². The second kappa shape index (κ2) is 7.84. The van der Waals surface area contributed by atoms with Crippen LogP contribution < -0.4 is 5.32 Å². The normalized spacial score (nSPS) is 17.8. The SMILES string of the molecule is Cc1ccnc(Nc2cc(C3CCCN(Cc4ncco4)C3)nc(C)n2)c1. The van der Waals surface area contributed by atoms with Crippen molar-refractivity contribution in [2.75, 3.05) is 18.4 Å². The van der Waals surface area contributed by atoms with E-state index in [2.05, 4.69) is 31.2 Å². The van der Waals surface area contributed by atoms with Crippen molar-refractivity contribution in [2.24, 2.45) is 0 Å². The third kappa shape index (κ3) is 4.49. The summed E-state index contributed by atoms with van der Waals surface area (Å²) in [6.07, 6.45) is 7.38. The summed E-state index contributed by atoms with van der Waals surface area (Å²) in [6.45, 7) is 6.73. The molecule has 1 unspecified atom stereocenters. The van der Waals surface area contributed by atoms with Crippen LogP contribution in [0.2, 0.25) is 0 Å². The topological polar surface area (TPSA) is 80.0 Å². The first kappa shape index (κ1) is 17.6. The Morgan fingerprint density at radius 2 is 2.07 bits per heavy atom. The molecule has 1 atom stereocenters. The zero-order chi connectivity index (χ0) is 18.6. The number of aryl methyl sites for hydroxylation is 2. The van der Waals surface area contributed by atoms with Crippen LogP contribution in [0.3, 0.4) is 0 Å². The Morgan fingerprint density at radius 1 is 1.15 bits per heavy atom. The molecule has 1 aliphatic rings. The van der Waals surface area contributed by atoms with E-state index in [0.29, 0.717) is 5.92 Å². The van der Waals surface area contributed by atoms with Gasteiger partial charge in [-0.05, 0) is 50.9 Å². The summed E-state index contributed by atoms with van der Waals surface area (Å²) >= 11 is 0. The fraction of sp³-hybridized carbons (Fsp3) is 0.400. The van der Waals surface area contributed by atoms with Gasteiger partial charge in [-0.15, -0.1) is 0 Å². The third-order valence-electron chi connectivity index (χ3n) is 4.80. The Kier molecular flexibility index (Phi) is 5.11. The summed E-state index contributed by atoms with van der Waals surface area (Å²) in [6, 6.07) is 6.04. The molecule has 4 rings (SSSR count). The summed E-state index contributed by atoms with van der Waals surface area (Å²) in [5, 5.41) is 3.31. The number of anilines is 2. The van der Waals surface area contributed by atoms with E-state index in [0.717, 1.165) is 67.1 Å². The van der Waals surface area contributed by atoms with Crippen LogP contribution >= 0.6 is 0 Å². The van der Waals surface area contributed by atoms with Gasteiger partial charge in [0.25, 0.3) is 0 Å². The number of rotatable bonds is 5. The Labute approximate surface area is 158 Å². The van der Waals surface area contributed by atoms with Crippen molar-refractivity contribution >= 4 is 11.6 Å². The van der Waals surface area contributed by atoms with Crippen LogP contribution in [0.1, 0.15) is 41.7 Å². The molecule has 3 aromatic heterocycles. The molecule has 7 heteroatoms. The molecular weight excluding hydrogens is 340 g/mol. The number of oxazole rings is 1. The van der Waals surface area contributed by atoms with E-state index in [1.54, 1.807) is 18.7 Å². The Balaban J connectivity index is 1.50. The maximum atomic E-state index is 5.40. The maximum Gasteiger partial charge on any atom is 0.208 e. The number of hydrogen-bond donors (Lipinski definition) is 1. The van der Waals surface area contributed by atoms with Crippen molar-refractivity contribution in [1.29, 1.82) is 0 Å². The third-order valence-corrected chi connectivity index (χ3v) is 4.80. The van der Waals surface area contributed by atoms with Crippen LogP contribution in [0.25, 0.3) is 0 Å². The van der Waals surface area contributed by atoms with Crippen LogP contribution in [0.5, 0.6) is 0 Å². The van der Waals surface area contributed by atoms with Crippen molar-refractivity contribution < 1.29 is 4.42 Å². The molecule has 0 saturated carbocycles. The molecule has 0 bridgehead atoms. The van der Waals surface area contributed by atoms with Crippen LogP contribution in [0.4, 0.5) is 11.6 Å². The number of pyridine rings is 1. The highest BCUT2D eigenvalue weighted by Crippen LogP contribution is 2.28. The van der Waals surface area contributed by atoms with E-state index < -0.39 is 0 Å². The van der Waals surface area contributed by atoms with E-state index in [1.807, 2.05) is 26.0 Å². The van der Waals surface area contributed by atoms with Crippen molar-refractivity contribution in [3.05, 3.63) is 59.8 Å². The van der Waals surface area contributed by atoms with Crippen LogP contribution in [0.15, 0.2) is 41.3 Å². The van der Waals surface area contributed by atoms with Gasteiger partial charge in [0.05, 0.1) is 18.4 Å². The van der Waals surface area contributed by atoms with Gasteiger partial charge in [0.15, 0.2) is 0 Å². The van der Waals surface area contributed by atoms with Gasteiger partial charge in [-0.25, -0.2) is 19.9 Å². The second-order valence-electron chi connectivity index (χ2n) is 7.07. The minimum absolute atomic E-state index is 0.376. The van der Waals surface area contributed by atoms with E-state index >= 15 is 0 Å². The number of nitrogens with zero attached hydrogens (tertiary/aromatic N) is 5. The molecule has 1 aliphatic heterocycles. The predicted octanol–water partition coefficient (Wildman–Crippen LogP) is 3.60. The Hall–Kier alpha value is -2.80. The first-order valence-corrected chi connectivity index (χ1v) is 9.32. The van der Waals surface area contributed by atoms with E-state index in [1.165, 1.54) is 0 Å². The summed E-state index contributed by atoms with van der Waals surface area (Å²) in [4.78, 5) is 20.2. The molecule has 0 spiro atoms. The van der Waals surface area contributed by atoms with E-state index in [-0.39, 0.29) is 0 Å². The Bertz CT molecular complexity index is 895. The number of hydrogen-bond acceptors (Lipinski definition) is 7. The minimum atomic E-state index is 0.376. The molecule has 3 aromatic rings. The molecule has 0 radical (unpaired) electrons. The summed E-state index contributed by atoms with van der Waals surface area (Å²) < 4.78 is 5.40. The van der Waals surface area contributed by atoms with Crippen LogP contribution in [-0.4, -0.2) is 37.9 Å². The lowest BCUT2D eigenvalue weighted by molar-refractivity contribution is 0.182. The highest BCUT2D eigenvalue weighted by molar-refractivity contribution is 5.52. The van der Waals surface area contributed by atoms with Crippen molar-refractivity contribution in [2.45, 2.75) is 39.2 Å². The standard InChI is InChI=1S/C20H24N6O/c1-14-5-6-21-18(10-14)25-19-11-17(23-15(2)24-19)16-4-3-8-26(12-16)13-20-22-7-9-27-20/h5-7,9-11,16H,3-4,8,12-13H2,1-2H3,(H,21,23,24,25). The number of nitrogens with one attached hydrogen (secondary N) is 1. The van der Waals surface area contributed by atoms with Gasteiger partial charge in [-0.3, -0.25) is 4.90 Å². The molecule has 0 aromatic carbocycles. The molecule has 140 valence electrons. The van der Waals surface area contributed by atoms with Gasteiger partial charge >= 0.3 is 0 Å². The van der Waals surface area contributed by atoms with E-state index in [9.17, 15) is 0 Å². The molecule has 7 nitrogen and oxygen atoms in total. The quantitative estimate of drug-likeness (QED) is 0.741.